The number of aliphatic hydroxyl groups is 1. The van der Waals surface area contributed by atoms with Crippen molar-refractivity contribution < 1.29 is 52.1 Å². The van der Waals surface area contributed by atoms with Gasteiger partial charge < -0.3 is 48.2 Å². The van der Waals surface area contributed by atoms with Crippen LogP contribution in [-0.2, 0) is 57.2 Å². The number of nitrogen functional groups attached to an aromatic ring is 1. The van der Waals surface area contributed by atoms with Crippen LogP contribution in [0.3, 0.4) is 0 Å². The van der Waals surface area contributed by atoms with Crippen LogP contribution in [0.2, 0.25) is 0 Å². The van der Waals surface area contributed by atoms with Gasteiger partial charge in [0.25, 0.3) is 0 Å². The molecule has 7 aromatic rings. The Bertz CT molecular complexity index is 3350. The maximum absolute atomic E-state index is 12.2. The number of nitrogens with two attached hydrogens (primary N) is 1. The van der Waals surface area contributed by atoms with Crippen LogP contribution in [0, 0.1) is 22.7 Å². The number of carbonyl (C=O) groups excluding carboxylic acids is 2. The van der Waals surface area contributed by atoms with Gasteiger partial charge in [0.05, 0.1) is 60.6 Å². The SMILES string of the molecule is C.CC.CC.CC.CC1(C)OB(c2ccc(CO)cc2)OC1(C)C.CC1(C)OB(c2ccc(COC(=O)Cl)cc2)OC1(C)C.CC1(C)OB(c2ccc(COC(=O)Nc3ccc4nc(C#N)sc4c3)cc2)OC1(C)C.N#Cc1nc2ccc(N)cc2s1. The number of nitrogens with one attached hydrogen (secondary N) is 1. The number of nitrogens with zero attached hydrogens (tertiary/aromatic N) is 4. The summed E-state index contributed by atoms with van der Waals surface area (Å²) in [5.74, 6) is 0. The molecule has 2 aromatic heterocycles. The maximum atomic E-state index is 12.2. The Labute approximate surface area is 529 Å². The predicted molar refractivity (Wildman–Crippen MR) is 356 cm³/mol. The molecule has 17 nitrogen and oxygen atoms in total. The lowest BCUT2D eigenvalue weighted by Crippen LogP contribution is -2.41. The Balaban J connectivity index is 0.000000308. The summed E-state index contributed by atoms with van der Waals surface area (Å²) in [4.78, 5) is 31.0. The fourth-order valence-corrected chi connectivity index (χ4v) is 9.41. The minimum absolute atomic E-state index is 0. The molecule has 3 aliphatic heterocycles. The lowest BCUT2D eigenvalue weighted by molar-refractivity contribution is 0.00578. The van der Waals surface area contributed by atoms with E-state index < -0.39 is 29.8 Å². The van der Waals surface area contributed by atoms with Crippen molar-refractivity contribution >= 4 is 115 Å². The number of aromatic nitrogens is 2. The van der Waals surface area contributed by atoms with Crippen LogP contribution in [0.5, 0.6) is 0 Å². The van der Waals surface area contributed by atoms with Gasteiger partial charge in [-0.3, -0.25) is 5.32 Å². The quantitative estimate of drug-likeness (QED) is 0.0691. The fourth-order valence-electron chi connectivity index (χ4n) is 7.74. The second-order valence-corrected chi connectivity index (χ2v) is 24.4. The van der Waals surface area contributed by atoms with Crippen molar-refractivity contribution in [1.29, 1.82) is 10.5 Å². The van der Waals surface area contributed by atoms with E-state index in [-0.39, 0.29) is 63.9 Å². The summed E-state index contributed by atoms with van der Waals surface area (Å²) in [5.41, 5.74) is 10.9. The Morgan fingerprint density at radius 1 is 0.540 bits per heavy atom. The molecular formula is C64H86B3ClN6O11S2. The highest BCUT2D eigenvalue weighted by Gasteiger charge is 2.53. The highest BCUT2D eigenvalue weighted by molar-refractivity contribution is 7.19. The zero-order valence-corrected chi connectivity index (χ0v) is 55.2. The highest BCUT2D eigenvalue weighted by Crippen LogP contribution is 2.39. The van der Waals surface area contributed by atoms with Gasteiger partial charge in [0.15, 0.2) is 10.0 Å². The summed E-state index contributed by atoms with van der Waals surface area (Å²) in [7, 11) is -1.14. The number of hydrogen-bond donors (Lipinski definition) is 3. The molecule has 4 N–H and O–H groups in total. The van der Waals surface area contributed by atoms with Gasteiger partial charge in [-0.15, -0.1) is 22.7 Å². The number of thiazole rings is 2. The summed E-state index contributed by atoms with van der Waals surface area (Å²) in [6, 6.07) is 37.5. The maximum Gasteiger partial charge on any atom is 0.494 e. The van der Waals surface area contributed by atoms with Crippen LogP contribution in [-0.4, -0.2) is 81.6 Å². The van der Waals surface area contributed by atoms with Crippen LogP contribution in [0.15, 0.2) is 109 Å². The molecule has 5 aromatic carbocycles. The minimum Gasteiger partial charge on any atom is -0.449 e. The molecule has 1 amide bonds. The molecule has 5 heterocycles. The van der Waals surface area contributed by atoms with E-state index in [0.29, 0.717) is 21.4 Å². The highest BCUT2D eigenvalue weighted by atomic mass is 35.5. The van der Waals surface area contributed by atoms with E-state index in [1.54, 1.807) is 24.3 Å². The number of amides is 1. The Hall–Kier alpha value is -6.40. The largest absolute Gasteiger partial charge is 0.494 e. The topological polar surface area (TPSA) is 240 Å². The van der Waals surface area contributed by atoms with Gasteiger partial charge in [-0.25, -0.2) is 19.6 Å². The standard InChI is InChI=1S/C22H22BN3O4S.C14H18BClO4.C13H19BO3.C8H5N3S.3C2H6.CH4/c1-21(2)22(3,4)30-23(29-21)15-7-5-14(6-8-15)13-28-20(27)25-16-9-10-17-18(11-16)31-19(12-24)26-17;1-13(2)14(3,4)20-15(19-13)11-7-5-10(6-8-11)9-18-12(16)17;1-12(2)13(3,4)17-14(16-12)11-7-5-10(9-15)6-8-11;9-4-8-11-6-2-1-5(10)3-7(6)12-8;3*1-2;/h5-11H,13H2,1-4H3,(H,25,27);5-8H,9H2,1-4H3;5-8,15H,9H2,1-4H3;1-3H,10H2;3*1-2H3;1H4. The summed E-state index contributed by atoms with van der Waals surface area (Å²) >= 11 is 7.76. The third kappa shape index (κ3) is 20.1. The number of rotatable bonds is 9. The van der Waals surface area contributed by atoms with Crippen LogP contribution in [0.4, 0.5) is 21.0 Å². The Morgan fingerprint density at radius 2 is 0.862 bits per heavy atom. The smallest absolute Gasteiger partial charge is 0.449 e. The normalized spacial score (nSPS) is 16.4. The van der Waals surface area contributed by atoms with Gasteiger partial charge >= 0.3 is 32.9 Å². The molecule has 466 valence electrons. The van der Waals surface area contributed by atoms with E-state index in [9.17, 15) is 9.59 Å². The lowest BCUT2D eigenvalue weighted by atomic mass is 9.79. The Morgan fingerprint density at radius 3 is 1.20 bits per heavy atom. The van der Waals surface area contributed by atoms with E-state index in [1.807, 2.05) is 222 Å². The van der Waals surface area contributed by atoms with E-state index >= 15 is 0 Å². The van der Waals surface area contributed by atoms with Crippen molar-refractivity contribution in [2.75, 3.05) is 11.1 Å². The van der Waals surface area contributed by atoms with Gasteiger partial charge in [0, 0.05) is 23.0 Å². The zero-order valence-electron chi connectivity index (χ0n) is 52.8. The van der Waals surface area contributed by atoms with Gasteiger partial charge in [-0.1, -0.05) is 122 Å². The summed E-state index contributed by atoms with van der Waals surface area (Å²) < 4.78 is 47.7. The predicted octanol–water partition coefficient (Wildman–Crippen LogP) is 14.0. The summed E-state index contributed by atoms with van der Waals surface area (Å²) in [6.45, 7) is 36.6. The first-order valence-electron chi connectivity index (χ1n) is 28.6. The molecule has 3 saturated heterocycles. The number of carbonyl (C=O) groups is 2. The molecule has 0 aliphatic carbocycles. The Kier molecular flexibility index (Phi) is 28.2. The molecule has 3 fully saturated rings. The van der Waals surface area contributed by atoms with Crippen LogP contribution < -0.4 is 27.4 Å². The second kappa shape index (κ2) is 32.7. The molecular weight excluding hydrogens is 1160 g/mol. The van der Waals surface area contributed by atoms with Crippen LogP contribution in [0.1, 0.15) is 159 Å². The van der Waals surface area contributed by atoms with E-state index in [0.717, 1.165) is 53.5 Å². The molecule has 10 rings (SSSR count). The monoisotopic (exact) mass is 1250 g/mol. The average molecular weight is 1250 g/mol. The average Bonchev–Trinajstić information content (AvgIpc) is 3.52. The van der Waals surface area contributed by atoms with Crippen LogP contribution in [0.25, 0.3) is 20.4 Å². The van der Waals surface area contributed by atoms with Crippen molar-refractivity contribution in [1.82, 2.24) is 9.97 Å². The molecule has 0 spiro atoms. The van der Waals surface area contributed by atoms with Crippen molar-refractivity contribution in [2.24, 2.45) is 0 Å². The van der Waals surface area contributed by atoms with Crippen molar-refractivity contribution in [3.8, 4) is 12.1 Å². The number of halogens is 1. The third-order valence-electron chi connectivity index (χ3n) is 14.7. The molecule has 0 unspecified atom stereocenters. The first-order valence-corrected chi connectivity index (χ1v) is 30.6. The number of aliphatic hydroxyl groups excluding tert-OH is 1. The first-order chi connectivity index (χ1) is 40.5. The van der Waals surface area contributed by atoms with Gasteiger partial charge in [0.1, 0.15) is 25.4 Å². The van der Waals surface area contributed by atoms with Gasteiger partial charge in [-0.2, -0.15) is 10.5 Å². The number of anilines is 2. The minimum atomic E-state index is -0.806. The van der Waals surface area contributed by atoms with E-state index in [1.165, 1.54) is 22.7 Å². The van der Waals surface area contributed by atoms with Crippen LogP contribution >= 0.6 is 34.3 Å². The number of benzene rings is 5. The molecule has 23 heteroatoms. The van der Waals surface area contributed by atoms with Gasteiger partial charge in [-0.05, 0) is 153 Å². The fraction of sp³-hybridized carbons (Fsp3) is 0.438. The van der Waals surface area contributed by atoms with E-state index in [4.69, 9.17) is 70.4 Å². The first kappa shape index (κ1) is 74.9. The number of ether oxygens (including phenoxy) is 2. The van der Waals surface area contributed by atoms with Crippen molar-refractivity contribution in [3.63, 3.8) is 0 Å². The molecule has 87 heavy (non-hydrogen) atoms. The summed E-state index contributed by atoms with van der Waals surface area (Å²) in [5, 5.41) is 30.1. The zero-order chi connectivity index (χ0) is 64.4. The molecule has 0 radical (unpaired) electrons. The summed E-state index contributed by atoms with van der Waals surface area (Å²) in [6.07, 6.45) is -0.556. The van der Waals surface area contributed by atoms with E-state index in [2.05, 4.69) is 15.3 Å². The number of fused-ring (bicyclic) bond motifs is 2. The molecule has 0 atom stereocenters. The number of nitriles is 2. The molecule has 3 aliphatic rings. The lowest BCUT2D eigenvalue weighted by Gasteiger charge is -2.32. The molecule has 0 saturated carbocycles. The number of hydrogen-bond acceptors (Lipinski definition) is 18. The molecule has 0 bridgehead atoms. The van der Waals surface area contributed by atoms with Gasteiger partial charge in [0.2, 0.25) is 0 Å². The van der Waals surface area contributed by atoms with Crippen molar-refractivity contribution in [3.05, 3.63) is 136 Å². The third-order valence-corrected chi connectivity index (χ3v) is 16.6. The second-order valence-electron chi connectivity index (χ2n) is 22.0. The van der Waals surface area contributed by atoms with Crippen molar-refractivity contribution in [2.45, 2.75) is 185 Å².